The summed E-state index contributed by atoms with van der Waals surface area (Å²) in [6, 6.07) is 4.06. The number of hydrogen-bond donors (Lipinski definition) is 3. The molecule has 0 aliphatic heterocycles. The highest BCUT2D eigenvalue weighted by Gasteiger charge is 2.06. The van der Waals surface area contributed by atoms with Crippen LogP contribution < -0.4 is 10.6 Å². The lowest BCUT2D eigenvalue weighted by Gasteiger charge is -2.03. The van der Waals surface area contributed by atoms with E-state index in [0.717, 1.165) is 0 Å². The van der Waals surface area contributed by atoms with E-state index in [1.807, 2.05) is 0 Å². The number of carboxylic acid groups (broad SMARTS) is 1. The number of anilines is 2. The van der Waals surface area contributed by atoms with Crippen molar-refractivity contribution in [1.29, 1.82) is 10.5 Å². The third kappa shape index (κ3) is 2.61. The first-order chi connectivity index (χ1) is 7.17. The van der Waals surface area contributed by atoms with Crippen molar-refractivity contribution in [3.8, 4) is 12.4 Å². The molecule has 74 valence electrons. The van der Waals surface area contributed by atoms with E-state index in [0.29, 0.717) is 11.4 Å². The summed E-state index contributed by atoms with van der Waals surface area (Å²) >= 11 is 0. The summed E-state index contributed by atoms with van der Waals surface area (Å²) in [5.41, 5.74) is 0.623. The first kappa shape index (κ1) is 10.4. The SMILES string of the molecule is N#CNc1cc(NC#N)cc(C(=O)O)c1. The quantitative estimate of drug-likeness (QED) is 0.501. The Hall–Kier alpha value is -2.73. The maximum atomic E-state index is 10.7. The zero-order valence-electron chi connectivity index (χ0n) is 7.48. The minimum absolute atomic E-state index is 0.00648. The topological polar surface area (TPSA) is 109 Å². The highest BCUT2D eigenvalue weighted by atomic mass is 16.4. The van der Waals surface area contributed by atoms with Crippen LogP contribution in [0.1, 0.15) is 10.4 Å². The van der Waals surface area contributed by atoms with Crippen molar-refractivity contribution < 1.29 is 9.90 Å². The molecule has 0 radical (unpaired) electrons. The van der Waals surface area contributed by atoms with Crippen LogP contribution in [0.25, 0.3) is 0 Å². The largest absolute Gasteiger partial charge is 0.478 e. The smallest absolute Gasteiger partial charge is 0.335 e. The average Bonchev–Trinajstić information content (AvgIpc) is 2.18. The number of nitrogens with one attached hydrogen (secondary N) is 2. The number of nitriles is 2. The van der Waals surface area contributed by atoms with Gasteiger partial charge in [0.2, 0.25) is 0 Å². The van der Waals surface area contributed by atoms with E-state index in [2.05, 4.69) is 10.6 Å². The maximum Gasteiger partial charge on any atom is 0.335 e. The molecule has 0 saturated heterocycles. The van der Waals surface area contributed by atoms with Crippen molar-refractivity contribution in [3.63, 3.8) is 0 Å². The molecule has 0 saturated carbocycles. The Bertz CT molecular complexity index is 436. The summed E-state index contributed by atoms with van der Waals surface area (Å²) in [6.45, 7) is 0. The highest BCUT2D eigenvalue weighted by molar-refractivity contribution is 5.90. The Balaban J connectivity index is 3.16. The minimum atomic E-state index is -1.13. The summed E-state index contributed by atoms with van der Waals surface area (Å²) in [6.07, 6.45) is 3.33. The molecule has 3 N–H and O–H groups in total. The molecule has 0 aliphatic rings. The molecule has 6 nitrogen and oxygen atoms in total. The molecule has 0 atom stereocenters. The van der Waals surface area contributed by atoms with E-state index in [4.69, 9.17) is 15.6 Å². The van der Waals surface area contributed by atoms with Gasteiger partial charge in [0.05, 0.1) is 16.9 Å². The van der Waals surface area contributed by atoms with Crippen molar-refractivity contribution in [2.24, 2.45) is 0 Å². The molecule has 0 heterocycles. The number of rotatable bonds is 3. The van der Waals surface area contributed by atoms with Gasteiger partial charge in [-0.3, -0.25) is 10.6 Å². The van der Waals surface area contributed by atoms with Crippen LogP contribution >= 0.6 is 0 Å². The summed E-state index contributed by atoms with van der Waals surface area (Å²) in [7, 11) is 0. The number of benzene rings is 1. The Labute approximate surface area is 85.4 Å². The number of nitrogens with zero attached hydrogens (tertiary/aromatic N) is 2. The van der Waals surface area contributed by atoms with Gasteiger partial charge in [-0.1, -0.05) is 0 Å². The molecule has 15 heavy (non-hydrogen) atoms. The number of aromatic carboxylic acids is 1. The van der Waals surface area contributed by atoms with Crippen LogP contribution in [0.2, 0.25) is 0 Å². The third-order valence-corrected chi connectivity index (χ3v) is 1.58. The van der Waals surface area contributed by atoms with Crippen LogP contribution in [0.5, 0.6) is 0 Å². The fourth-order valence-corrected chi connectivity index (χ4v) is 1.02. The van der Waals surface area contributed by atoms with Crippen molar-refractivity contribution in [2.45, 2.75) is 0 Å². The molecular formula is C9H6N4O2. The normalized spacial score (nSPS) is 8.40. The van der Waals surface area contributed by atoms with Gasteiger partial charge in [0.15, 0.2) is 12.4 Å². The van der Waals surface area contributed by atoms with Crippen LogP contribution in [0.3, 0.4) is 0 Å². The van der Waals surface area contributed by atoms with Gasteiger partial charge < -0.3 is 5.11 Å². The lowest BCUT2D eigenvalue weighted by atomic mass is 10.1. The molecule has 1 aromatic carbocycles. The van der Waals surface area contributed by atoms with Gasteiger partial charge in [-0.2, -0.15) is 10.5 Å². The summed E-state index contributed by atoms with van der Waals surface area (Å²) in [5, 5.41) is 30.1. The lowest BCUT2D eigenvalue weighted by molar-refractivity contribution is 0.0697. The van der Waals surface area contributed by atoms with Crippen LogP contribution in [-0.4, -0.2) is 11.1 Å². The Kier molecular flexibility index (Phi) is 3.10. The maximum absolute atomic E-state index is 10.7. The van der Waals surface area contributed by atoms with E-state index in [1.54, 1.807) is 12.4 Å². The molecule has 0 fully saturated rings. The van der Waals surface area contributed by atoms with E-state index in [9.17, 15) is 4.79 Å². The molecule has 6 heteroatoms. The number of hydrogen-bond acceptors (Lipinski definition) is 5. The zero-order valence-corrected chi connectivity index (χ0v) is 7.48. The molecule has 0 unspecified atom stereocenters. The van der Waals surface area contributed by atoms with E-state index < -0.39 is 5.97 Å². The van der Waals surface area contributed by atoms with Gasteiger partial charge in [-0.25, -0.2) is 4.79 Å². The van der Waals surface area contributed by atoms with E-state index in [-0.39, 0.29) is 5.56 Å². The fraction of sp³-hybridized carbons (Fsp3) is 0. The summed E-state index contributed by atoms with van der Waals surface area (Å²) < 4.78 is 0. The molecule has 1 rings (SSSR count). The Morgan fingerprint density at radius 1 is 1.13 bits per heavy atom. The molecule has 1 aromatic rings. The molecule has 0 spiro atoms. The van der Waals surface area contributed by atoms with Crippen LogP contribution in [0, 0.1) is 22.9 Å². The number of carbonyl (C=O) groups is 1. The van der Waals surface area contributed by atoms with Crippen LogP contribution in [0.4, 0.5) is 11.4 Å². The summed E-state index contributed by atoms with van der Waals surface area (Å²) in [5.74, 6) is -1.13. The predicted octanol–water partition coefficient (Wildman–Crippen LogP) is 1.17. The van der Waals surface area contributed by atoms with Crippen molar-refractivity contribution in [3.05, 3.63) is 23.8 Å². The first-order valence-electron chi connectivity index (χ1n) is 3.86. The fourth-order valence-electron chi connectivity index (χ4n) is 1.02. The van der Waals surface area contributed by atoms with E-state index in [1.165, 1.54) is 18.2 Å². The lowest BCUT2D eigenvalue weighted by Crippen LogP contribution is -2.00. The van der Waals surface area contributed by atoms with Crippen molar-refractivity contribution in [1.82, 2.24) is 0 Å². The third-order valence-electron chi connectivity index (χ3n) is 1.58. The van der Waals surface area contributed by atoms with Gasteiger partial charge in [0.25, 0.3) is 0 Å². The van der Waals surface area contributed by atoms with Gasteiger partial charge >= 0.3 is 5.97 Å². The van der Waals surface area contributed by atoms with Gasteiger partial charge in [-0.15, -0.1) is 0 Å². The second kappa shape index (κ2) is 4.49. The van der Waals surface area contributed by atoms with Gasteiger partial charge in [0, 0.05) is 0 Å². The summed E-state index contributed by atoms with van der Waals surface area (Å²) in [4.78, 5) is 10.7. The van der Waals surface area contributed by atoms with Gasteiger partial charge in [0.1, 0.15) is 0 Å². The van der Waals surface area contributed by atoms with E-state index >= 15 is 0 Å². The molecule has 0 bridgehead atoms. The molecule has 0 amide bonds. The average molecular weight is 202 g/mol. The van der Waals surface area contributed by atoms with Crippen LogP contribution in [0.15, 0.2) is 18.2 Å². The number of carboxylic acids is 1. The molecule has 0 aromatic heterocycles. The molecule has 0 aliphatic carbocycles. The standard InChI is InChI=1S/C9H6N4O2/c10-4-12-7-1-6(9(14)15)2-8(3-7)13-5-11/h1-3,12-13H,(H,14,15). The predicted molar refractivity (Wildman–Crippen MR) is 51.9 cm³/mol. The van der Waals surface area contributed by atoms with Crippen molar-refractivity contribution in [2.75, 3.05) is 10.6 Å². The minimum Gasteiger partial charge on any atom is -0.478 e. The Morgan fingerprint density at radius 2 is 1.60 bits per heavy atom. The monoisotopic (exact) mass is 202 g/mol. The second-order valence-electron chi connectivity index (χ2n) is 2.58. The van der Waals surface area contributed by atoms with Crippen molar-refractivity contribution >= 4 is 17.3 Å². The highest BCUT2D eigenvalue weighted by Crippen LogP contribution is 2.18. The molecular weight excluding hydrogens is 196 g/mol. The van der Waals surface area contributed by atoms with Crippen LogP contribution in [-0.2, 0) is 0 Å². The first-order valence-corrected chi connectivity index (χ1v) is 3.86. The Morgan fingerprint density at radius 3 is 1.93 bits per heavy atom. The second-order valence-corrected chi connectivity index (χ2v) is 2.58. The van der Waals surface area contributed by atoms with Gasteiger partial charge in [-0.05, 0) is 18.2 Å². The zero-order chi connectivity index (χ0) is 11.3.